The number of carbonyl (C=O) groups excluding carboxylic acids is 3. The summed E-state index contributed by atoms with van der Waals surface area (Å²) in [4.78, 5) is 43.7. The predicted octanol–water partition coefficient (Wildman–Crippen LogP) is 6.62. The highest BCUT2D eigenvalue weighted by atomic mass is 16.6. The summed E-state index contributed by atoms with van der Waals surface area (Å²) in [5, 5.41) is 0.890. The highest BCUT2D eigenvalue weighted by molar-refractivity contribution is 5.96. The topological polar surface area (TPSA) is 112 Å². The normalized spacial score (nSPS) is 11.6. The molecule has 0 spiro atoms. The SMILES string of the molecule is CC(C)(C)OC(=O)NN(C(=O)OC(C)(C)C)c1ccc2c(cc(C(=O)OCc3ccccc3)n2Cc2ccccc2)n1. The Kier molecular flexibility index (Phi) is 8.84. The standard InChI is InChI=1S/C32H36N4O6/c1-31(2,3)41-29(38)34-36(30(39)42-32(4,5)6)27-18-17-25-24(33-27)19-26(35(25)20-22-13-9-7-10-14-22)28(37)40-21-23-15-11-8-12-16-23/h7-19H,20-21H2,1-6H3,(H,34,38). The first kappa shape index (κ1) is 30.1. The van der Waals surface area contributed by atoms with E-state index in [1.54, 1.807) is 59.7 Å². The Balaban J connectivity index is 1.72. The smallest absolute Gasteiger partial charge is 0.435 e. The van der Waals surface area contributed by atoms with Gasteiger partial charge >= 0.3 is 18.2 Å². The summed E-state index contributed by atoms with van der Waals surface area (Å²) in [6.45, 7) is 10.8. The molecule has 10 nitrogen and oxygen atoms in total. The average Bonchev–Trinajstić information content (AvgIpc) is 3.27. The number of nitrogens with zero attached hydrogens (tertiary/aromatic N) is 3. The third-order valence-corrected chi connectivity index (χ3v) is 5.76. The van der Waals surface area contributed by atoms with Crippen molar-refractivity contribution in [2.45, 2.75) is 65.9 Å². The number of esters is 1. The molecule has 0 saturated carbocycles. The Bertz CT molecular complexity index is 1550. The number of hydrogen-bond donors (Lipinski definition) is 1. The molecule has 4 aromatic rings. The van der Waals surface area contributed by atoms with Crippen molar-refractivity contribution < 1.29 is 28.6 Å². The molecule has 0 atom stereocenters. The molecule has 220 valence electrons. The predicted molar refractivity (Wildman–Crippen MR) is 159 cm³/mol. The molecule has 2 aromatic heterocycles. The van der Waals surface area contributed by atoms with E-state index >= 15 is 0 Å². The van der Waals surface area contributed by atoms with Crippen molar-refractivity contribution in [3.8, 4) is 0 Å². The molecule has 0 aliphatic carbocycles. The largest absolute Gasteiger partial charge is 0.456 e. The van der Waals surface area contributed by atoms with Gasteiger partial charge in [-0.3, -0.25) is 0 Å². The minimum Gasteiger partial charge on any atom is -0.456 e. The fourth-order valence-corrected chi connectivity index (χ4v) is 4.05. The molecule has 0 aliphatic heterocycles. The molecule has 2 heterocycles. The number of ether oxygens (including phenoxy) is 3. The van der Waals surface area contributed by atoms with Crippen LogP contribution < -0.4 is 10.4 Å². The lowest BCUT2D eigenvalue weighted by atomic mass is 10.2. The van der Waals surface area contributed by atoms with Gasteiger partial charge in [-0.25, -0.2) is 24.8 Å². The number of pyridine rings is 1. The van der Waals surface area contributed by atoms with E-state index in [9.17, 15) is 14.4 Å². The second-order valence-electron chi connectivity index (χ2n) is 11.7. The van der Waals surface area contributed by atoms with Gasteiger partial charge in [0, 0.05) is 6.54 Å². The van der Waals surface area contributed by atoms with E-state index in [4.69, 9.17) is 14.2 Å². The van der Waals surface area contributed by atoms with Crippen molar-refractivity contribution in [2.24, 2.45) is 0 Å². The fourth-order valence-electron chi connectivity index (χ4n) is 4.05. The lowest BCUT2D eigenvalue weighted by Crippen LogP contribution is -2.50. The summed E-state index contributed by atoms with van der Waals surface area (Å²) in [7, 11) is 0. The van der Waals surface area contributed by atoms with E-state index in [1.807, 2.05) is 65.2 Å². The minimum atomic E-state index is -0.859. The second-order valence-corrected chi connectivity index (χ2v) is 11.7. The van der Waals surface area contributed by atoms with Gasteiger partial charge in [0.25, 0.3) is 0 Å². The Morgan fingerprint density at radius 1 is 0.810 bits per heavy atom. The van der Waals surface area contributed by atoms with Gasteiger partial charge in [-0.05, 0) is 70.9 Å². The number of nitrogens with one attached hydrogen (secondary N) is 1. The maximum absolute atomic E-state index is 13.3. The van der Waals surface area contributed by atoms with Crippen LogP contribution in [0.5, 0.6) is 0 Å². The molecule has 0 bridgehead atoms. The number of hydrogen-bond acceptors (Lipinski definition) is 7. The van der Waals surface area contributed by atoms with E-state index in [0.717, 1.165) is 16.1 Å². The number of anilines is 1. The Hall–Kier alpha value is -4.86. The van der Waals surface area contributed by atoms with Crippen LogP contribution in [0.2, 0.25) is 0 Å². The van der Waals surface area contributed by atoms with Gasteiger partial charge in [-0.2, -0.15) is 5.01 Å². The second kappa shape index (κ2) is 12.3. The van der Waals surface area contributed by atoms with Gasteiger partial charge in [0.2, 0.25) is 0 Å². The van der Waals surface area contributed by atoms with Crippen molar-refractivity contribution in [2.75, 3.05) is 5.01 Å². The van der Waals surface area contributed by atoms with Crippen molar-refractivity contribution in [1.82, 2.24) is 15.0 Å². The van der Waals surface area contributed by atoms with Crippen LogP contribution >= 0.6 is 0 Å². The zero-order valence-corrected chi connectivity index (χ0v) is 24.7. The number of hydrazine groups is 1. The van der Waals surface area contributed by atoms with E-state index in [-0.39, 0.29) is 12.4 Å². The Morgan fingerprint density at radius 3 is 2.00 bits per heavy atom. The number of aromatic nitrogens is 2. The van der Waals surface area contributed by atoms with Crippen LogP contribution in [0.3, 0.4) is 0 Å². The zero-order valence-electron chi connectivity index (χ0n) is 24.7. The summed E-state index contributed by atoms with van der Waals surface area (Å²) in [6.07, 6.45) is -1.71. The molecule has 0 radical (unpaired) electrons. The number of fused-ring (bicyclic) bond motifs is 1. The number of amides is 2. The van der Waals surface area contributed by atoms with E-state index in [0.29, 0.717) is 23.3 Å². The highest BCUT2D eigenvalue weighted by Crippen LogP contribution is 2.25. The fraction of sp³-hybridized carbons (Fsp3) is 0.312. The molecule has 42 heavy (non-hydrogen) atoms. The number of rotatable bonds is 6. The van der Waals surface area contributed by atoms with E-state index in [2.05, 4.69) is 10.4 Å². The molecule has 2 amide bonds. The van der Waals surface area contributed by atoms with Gasteiger partial charge in [0.1, 0.15) is 23.5 Å². The number of benzene rings is 2. The monoisotopic (exact) mass is 572 g/mol. The maximum Gasteiger partial charge on any atom is 0.435 e. The maximum atomic E-state index is 13.3. The molecule has 4 rings (SSSR count). The first-order chi connectivity index (χ1) is 19.8. The molecular formula is C32H36N4O6. The molecule has 1 N–H and O–H groups in total. The zero-order chi connectivity index (χ0) is 30.5. The van der Waals surface area contributed by atoms with E-state index in [1.165, 1.54) is 0 Å². The Morgan fingerprint density at radius 2 is 1.40 bits per heavy atom. The van der Waals surface area contributed by atoms with Gasteiger partial charge < -0.3 is 18.8 Å². The highest BCUT2D eigenvalue weighted by Gasteiger charge is 2.29. The molecule has 0 saturated heterocycles. The molecule has 0 fully saturated rings. The van der Waals surface area contributed by atoms with Crippen LogP contribution in [-0.4, -0.2) is 38.9 Å². The lowest BCUT2D eigenvalue weighted by molar-refractivity contribution is 0.0424. The van der Waals surface area contributed by atoms with Crippen LogP contribution in [-0.2, 0) is 27.4 Å². The van der Waals surface area contributed by atoms with Crippen LogP contribution in [0.4, 0.5) is 15.4 Å². The first-order valence-corrected chi connectivity index (χ1v) is 13.6. The van der Waals surface area contributed by atoms with Crippen molar-refractivity contribution in [1.29, 1.82) is 0 Å². The summed E-state index contributed by atoms with van der Waals surface area (Å²) in [5.41, 5.74) is 3.96. The van der Waals surface area contributed by atoms with Gasteiger partial charge in [0.05, 0.1) is 11.0 Å². The van der Waals surface area contributed by atoms with Crippen LogP contribution in [0.15, 0.2) is 78.9 Å². The van der Waals surface area contributed by atoms with Gasteiger partial charge in [-0.15, -0.1) is 0 Å². The van der Waals surface area contributed by atoms with Crippen molar-refractivity contribution in [3.63, 3.8) is 0 Å². The average molecular weight is 573 g/mol. The first-order valence-electron chi connectivity index (χ1n) is 13.6. The summed E-state index contributed by atoms with van der Waals surface area (Å²) in [5.74, 6) is -0.450. The molecule has 2 aromatic carbocycles. The van der Waals surface area contributed by atoms with Crippen molar-refractivity contribution >= 4 is 35.0 Å². The molecular weight excluding hydrogens is 536 g/mol. The summed E-state index contributed by atoms with van der Waals surface area (Å²) >= 11 is 0. The summed E-state index contributed by atoms with van der Waals surface area (Å²) in [6, 6.07) is 24.0. The van der Waals surface area contributed by atoms with Crippen LogP contribution in [0.1, 0.15) is 63.2 Å². The number of carbonyl (C=O) groups is 3. The van der Waals surface area contributed by atoms with Gasteiger partial charge in [0.15, 0.2) is 5.82 Å². The third kappa shape index (κ3) is 8.09. The molecule has 0 aliphatic rings. The molecule has 10 heteroatoms. The minimum absolute atomic E-state index is 0.0728. The lowest BCUT2D eigenvalue weighted by Gasteiger charge is -2.28. The van der Waals surface area contributed by atoms with Crippen LogP contribution in [0.25, 0.3) is 11.0 Å². The van der Waals surface area contributed by atoms with Gasteiger partial charge in [-0.1, -0.05) is 60.7 Å². The third-order valence-electron chi connectivity index (χ3n) is 5.76. The van der Waals surface area contributed by atoms with Crippen LogP contribution in [0, 0.1) is 0 Å². The molecule has 0 unspecified atom stereocenters. The van der Waals surface area contributed by atoms with Crippen molar-refractivity contribution in [3.05, 3.63) is 95.7 Å². The quantitative estimate of drug-likeness (QED) is 0.157. The van der Waals surface area contributed by atoms with E-state index < -0.39 is 29.4 Å². The Labute approximate surface area is 245 Å². The summed E-state index contributed by atoms with van der Waals surface area (Å²) < 4.78 is 18.3.